The third-order valence-electron chi connectivity index (χ3n) is 4.18. The molecule has 0 aliphatic rings. The molecule has 2 aromatic carbocycles. The van der Waals surface area contributed by atoms with Crippen LogP contribution in [0.25, 0.3) is 0 Å². The second-order valence-electron chi connectivity index (χ2n) is 6.05. The van der Waals surface area contributed by atoms with Gasteiger partial charge in [0.15, 0.2) is 0 Å². The van der Waals surface area contributed by atoms with Crippen LogP contribution >= 0.6 is 11.6 Å². The van der Waals surface area contributed by atoms with Crippen molar-refractivity contribution < 1.29 is 8.42 Å². The van der Waals surface area contributed by atoms with Crippen molar-refractivity contribution in [3.05, 3.63) is 89.2 Å². The first-order chi connectivity index (χ1) is 12.4. The topological polar surface area (TPSA) is 50.3 Å². The van der Waals surface area contributed by atoms with Gasteiger partial charge in [-0.25, -0.2) is 8.42 Å². The number of halogens is 1. The van der Waals surface area contributed by atoms with Gasteiger partial charge < -0.3 is 0 Å². The Morgan fingerprint density at radius 2 is 1.65 bits per heavy atom. The van der Waals surface area contributed by atoms with Crippen LogP contribution < -0.4 is 4.31 Å². The first kappa shape index (κ1) is 18.4. The number of hydrogen-bond donors (Lipinski definition) is 0. The van der Waals surface area contributed by atoms with E-state index >= 15 is 0 Å². The first-order valence-electron chi connectivity index (χ1n) is 8.16. The lowest BCUT2D eigenvalue weighted by atomic mass is 10.1. The minimum Gasteiger partial charge on any atom is -0.264 e. The van der Waals surface area contributed by atoms with E-state index in [2.05, 4.69) is 4.98 Å². The number of benzene rings is 2. The molecule has 0 aliphatic heterocycles. The number of nitrogens with zero attached hydrogens (tertiary/aromatic N) is 2. The minimum atomic E-state index is -3.77. The van der Waals surface area contributed by atoms with Crippen LogP contribution in [0.15, 0.2) is 78.0 Å². The Morgan fingerprint density at radius 3 is 2.23 bits per heavy atom. The zero-order valence-corrected chi connectivity index (χ0v) is 16.1. The second kappa shape index (κ2) is 7.48. The fourth-order valence-corrected chi connectivity index (χ4v) is 4.51. The van der Waals surface area contributed by atoms with Crippen molar-refractivity contribution in [3.63, 3.8) is 0 Å². The molecule has 134 valence electrons. The highest BCUT2D eigenvalue weighted by Gasteiger charge is 2.30. The summed E-state index contributed by atoms with van der Waals surface area (Å²) in [5, 5.41) is 0.551. The van der Waals surface area contributed by atoms with Crippen LogP contribution in [0, 0.1) is 6.92 Å². The number of rotatable bonds is 5. The van der Waals surface area contributed by atoms with Gasteiger partial charge in [-0.05, 0) is 61.9 Å². The number of aromatic nitrogens is 1. The van der Waals surface area contributed by atoms with Crippen molar-refractivity contribution in [2.24, 2.45) is 0 Å². The lowest BCUT2D eigenvalue weighted by Gasteiger charge is -2.30. The summed E-state index contributed by atoms with van der Waals surface area (Å²) in [7, 11) is -3.77. The maximum atomic E-state index is 13.4. The molecule has 0 bridgehead atoms. The normalized spacial score (nSPS) is 12.6. The summed E-state index contributed by atoms with van der Waals surface area (Å²) in [5.74, 6) is 0. The lowest BCUT2D eigenvalue weighted by Crippen LogP contribution is -2.33. The van der Waals surface area contributed by atoms with Crippen molar-refractivity contribution in [3.8, 4) is 0 Å². The molecule has 0 fully saturated rings. The van der Waals surface area contributed by atoms with Gasteiger partial charge >= 0.3 is 0 Å². The van der Waals surface area contributed by atoms with Gasteiger partial charge in [0.2, 0.25) is 0 Å². The van der Waals surface area contributed by atoms with E-state index in [1.807, 2.05) is 19.9 Å². The Bertz CT molecular complexity index is 973. The molecule has 0 radical (unpaired) electrons. The van der Waals surface area contributed by atoms with E-state index in [1.165, 1.54) is 4.31 Å². The van der Waals surface area contributed by atoms with Gasteiger partial charge in [-0.15, -0.1) is 0 Å². The number of anilines is 1. The standard InChI is InChI=1S/C20H19ClN2O2S/c1-15-5-11-20(12-6-15)26(24,25)23(19-9-7-18(21)8-10-19)16(2)17-4-3-13-22-14-17/h3-14,16H,1-2H3. The van der Waals surface area contributed by atoms with Crippen LogP contribution in [0.4, 0.5) is 5.69 Å². The van der Waals surface area contributed by atoms with Gasteiger partial charge in [0.1, 0.15) is 0 Å². The summed E-state index contributed by atoms with van der Waals surface area (Å²) in [5.41, 5.74) is 2.35. The molecular weight excluding hydrogens is 368 g/mol. The Labute approximate surface area is 159 Å². The average molecular weight is 387 g/mol. The molecule has 0 amide bonds. The molecule has 26 heavy (non-hydrogen) atoms. The molecule has 0 saturated carbocycles. The first-order valence-corrected chi connectivity index (χ1v) is 9.98. The predicted octanol–water partition coefficient (Wildman–Crippen LogP) is 5.00. The molecule has 1 atom stereocenters. The zero-order chi connectivity index (χ0) is 18.7. The van der Waals surface area contributed by atoms with Crippen LogP contribution in [-0.4, -0.2) is 13.4 Å². The maximum Gasteiger partial charge on any atom is 0.264 e. The summed E-state index contributed by atoms with van der Waals surface area (Å²) in [4.78, 5) is 4.36. The summed E-state index contributed by atoms with van der Waals surface area (Å²) >= 11 is 5.98. The van der Waals surface area contributed by atoms with E-state index < -0.39 is 16.1 Å². The highest BCUT2D eigenvalue weighted by molar-refractivity contribution is 7.92. The van der Waals surface area contributed by atoms with Gasteiger partial charge in [0, 0.05) is 17.4 Å². The van der Waals surface area contributed by atoms with E-state index in [-0.39, 0.29) is 4.90 Å². The fraction of sp³-hybridized carbons (Fsp3) is 0.150. The minimum absolute atomic E-state index is 0.244. The number of hydrogen-bond acceptors (Lipinski definition) is 3. The van der Waals surface area contributed by atoms with Crippen LogP contribution in [0.1, 0.15) is 24.1 Å². The summed E-state index contributed by atoms with van der Waals surface area (Å²) in [6, 6.07) is 16.9. The molecule has 0 N–H and O–H groups in total. The SMILES string of the molecule is Cc1ccc(S(=O)(=O)N(c2ccc(Cl)cc2)C(C)c2cccnc2)cc1. The largest absolute Gasteiger partial charge is 0.264 e. The molecule has 4 nitrogen and oxygen atoms in total. The molecule has 3 rings (SSSR count). The number of aryl methyl sites for hydroxylation is 1. The summed E-state index contributed by atoms with van der Waals surface area (Å²) in [6.07, 6.45) is 3.34. The fourth-order valence-electron chi connectivity index (χ4n) is 2.74. The smallest absolute Gasteiger partial charge is 0.264 e. The second-order valence-corrected chi connectivity index (χ2v) is 8.30. The lowest BCUT2D eigenvalue weighted by molar-refractivity contribution is 0.582. The quantitative estimate of drug-likeness (QED) is 0.620. The van der Waals surface area contributed by atoms with E-state index in [4.69, 9.17) is 11.6 Å². The van der Waals surface area contributed by atoms with Crippen LogP contribution in [0.2, 0.25) is 5.02 Å². The van der Waals surface area contributed by atoms with E-state index in [9.17, 15) is 8.42 Å². The van der Waals surface area contributed by atoms with Crippen molar-refractivity contribution in [2.75, 3.05) is 4.31 Å². The Morgan fingerprint density at radius 1 is 1.00 bits per heavy atom. The van der Waals surface area contributed by atoms with Gasteiger partial charge in [-0.2, -0.15) is 0 Å². The van der Waals surface area contributed by atoms with Crippen LogP contribution in [0.5, 0.6) is 0 Å². The average Bonchev–Trinajstić information content (AvgIpc) is 2.64. The molecule has 0 saturated heterocycles. The maximum absolute atomic E-state index is 13.4. The summed E-state index contributed by atoms with van der Waals surface area (Å²) in [6.45, 7) is 3.77. The third-order valence-corrected chi connectivity index (χ3v) is 6.34. The van der Waals surface area contributed by atoms with Crippen molar-refractivity contribution in [1.82, 2.24) is 4.98 Å². The predicted molar refractivity (Wildman–Crippen MR) is 105 cm³/mol. The summed E-state index contributed by atoms with van der Waals surface area (Å²) < 4.78 is 28.2. The van der Waals surface area contributed by atoms with Gasteiger partial charge in [-0.3, -0.25) is 9.29 Å². The molecule has 0 spiro atoms. The van der Waals surface area contributed by atoms with Crippen LogP contribution in [-0.2, 0) is 10.0 Å². The molecular formula is C20H19ClN2O2S. The number of sulfonamides is 1. The molecule has 1 heterocycles. The van der Waals surface area contributed by atoms with Crippen molar-refractivity contribution in [1.29, 1.82) is 0 Å². The third kappa shape index (κ3) is 3.74. The zero-order valence-electron chi connectivity index (χ0n) is 14.5. The monoisotopic (exact) mass is 386 g/mol. The van der Waals surface area contributed by atoms with Gasteiger partial charge in [0.25, 0.3) is 10.0 Å². The highest BCUT2D eigenvalue weighted by Crippen LogP contribution is 2.33. The van der Waals surface area contributed by atoms with Crippen molar-refractivity contribution in [2.45, 2.75) is 24.8 Å². The molecule has 6 heteroatoms. The molecule has 3 aromatic rings. The Balaban J connectivity index is 2.13. The van der Waals surface area contributed by atoms with Gasteiger partial charge in [0.05, 0.1) is 16.6 Å². The van der Waals surface area contributed by atoms with E-state index in [0.29, 0.717) is 10.7 Å². The molecule has 0 aliphatic carbocycles. The highest BCUT2D eigenvalue weighted by atomic mass is 35.5. The Hall–Kier alpha value is -2.37. The van der Waals surface area contributed by atoms with E-state index in [1.54, 1.807) is 67.0 Å². The van der Waals surface area contributed by atoms with Crippen LogP contribution in [0.3, 0.4) is 0 Å². The Kier molecular flexibility index (Phi) is 5.30. The number of pyridine rings is 1. The molecule has 1 unspecified atom stereocenters. The van der Waals surface area contributed by atoms with Crippen molar-refractivity contribution >= 4 is 27.3 Å². The van der Waals surface area contributed by atoms with Gasteiger partial charge in [-0.1, -0.05) is 35.4 Å². The molecule has 1 aromatic heterocycles. The van der Waals surface area contributed by atoms with E-state index in [0.717, 1.165) is 11.1 Å².